The van der Waals surface area contributed by atoms with Crippen molar-refractivity contribution in [3.8, 4) is 17.2 Å². The van der Waals surface area contributed by atoms with Crippen molar-refractivity contribution in [1.29, 1.82) is 0 Å². The molecule has 0 atom stereocenters. The Bertz CT molecular complexity index is 1050. The first-order valence-electron chi connectivity index (χ1n) is 8.35. The van der Waals surface area contributed by atoms with Crippen LogP contribution in [0.4, 0.5) is 13.2 Å². The lowest BCUT2D eigenvalue weighted by Gasteiger charge is -2.09. The number of halogens is 3. The van der Waals surface area contributed by atoms with Gasteiger partial charge < -0.3 is 19.4 Å². The number of rotatable bonds is 6. The summed E-state index contributed by atoms with van der Waals surface area (Å²) in [5.74, 6) is -0.304. The van der Waals surface area contributed by atoms with E-state index in [1.165, 1.54) is 36.4 Å². The number of furan rings is 1. The highest BCUT2D eigenvalue weighted by molar-refractivity contribution is 6.08. The zero-order valence-corrected chi connectivity index (χ0v) is 14.8. The summed E-state index contributed by atoms with van der Waals surface area (Å²) in [5.41, 5.74) is -0.798. The molecule has 0 saturated heterocycles. The van der Waals surface area contributed by atoms with E-state index in [1.807, 2.05) is 0 Å². The number of carbonyl (C=O) groups is 1. The van der Waals surface area contributed by atoms with Crippen LogP contribution in [0.2, 0.25) is 0 Å². The van der Waals surface area contributed by atoms with Gasteiger partial charge in [0.2, 0.25) is 0 Å². The minimum Gasteiger partial charge on any atom is -0.508 e. The molecule has 0 radical (unpaired) electrons. The second-order valence-corrected chi connectivity index (χ2v) is 6.02. The second kappa shape index (κ2) is 8.14. The molecular formula is C21H15F3O5. The minimum atomic E-state index is -4.46. The van der Waals surface area contributed by atoms with Crippen molar-refractivity contribution in [2.45, 2.75) is 12.8 Å². The van der Waals surface area contributed by atoms with Crippen molar-refractivity contribution in [2.24, 2.45) is 0 Å². The number of aromatic hydroxyl groups is 2. The number of alkyl halides is 3. The molecule has 0 bridgehead atoms. The van der Waals surface area contributed by atoms with Gasteiger partial charge >= 0.3 is 6.18 Å². The fourth-order valence-corrected chi connectivity index (χ4v) is 2.45. The number of ether oxygens (including phenoxy) is 1. The zero-order valence-electron chi connectivity index (χ0n) is 14.8. The van der Waals surface area contributed by atoms with Crippen molar-refractivity contribution < 1.29 is 37.3 Å². The molecule has 0 saturated carbocycles. The van der Waals surface area contributed by atoms with Crippen LogP contribution in [0, 0.1) is 0 Å². The summed E-state index contributed by atoms with van der Waals surface area (Å²) < 4.78 is 48.9. The maximum absolute atomic E-state index is 12.7. The summed E-state index contributed by atoms with van der Waals surface area (Å²) in [6.45, 7) is -0.0954. The van der Waals surface area contributed by atoms with Gasteiger partial charge in [-0.2, -0.15) is 13.2 Å². The Hall–Kier alpha value is -3.68. The summed E-state index contributed by atoms with van der Waals surface area (Å²) in [7, 11) is 0. The molecular weight excluding hydrogens is 389 g/mol. The molecule has 0 aliphatic rings. The fourth-order valence-electron chi connectivity index (χ4n) is 2.45. The largest absolute Gasteiger partial charge is 0.508 e. The smallest absolute Gasteiger partial charge is 0.416 e. The first-order chi connectivity index (χ1) is 13.7. The van der Waals surface area contributed by atoms with Crippen LogP contribution in [0.3, 0.4) is 0 Å². The highest BCUT2D eigenvalue weighted by Gasteiger charge is 2.30. The first-order valence-corrected chi connectivity index (χ1v) is 8.35. The van der Waals surface area contributed by atoms with Crippen LogP contribution in [-0.4, -0.2) is 16.0 Å². The molecule has 3 rings (SSSR count). The van der Waals surface area contributed by atoms with Gasteiger partial charge in [-0.3, -0.25) is 4.79 Å². The third-order valence-electron chi connectivity index (χ3n) is 3.87. The zero-order chi connectivity index (χ0) is 21.0. The standard InChI is InChI=1S/C21H15F3O5/c22-21(23,24)13-2-1-3-16(10-13)28-12-17-6-5-15(29-17)7-9-19(26)18-8-4-14(25)11-20(18)27/h1-11,25,27H,12H2/b9-7+. The van der Waals surface area contributed by atoms with Crippen LogP contribution in [0.1, 0.15) is 27.4 Å². The van der Waals surface area contributed by atoms with Crippen LogP contribution in [-0.2, 0) is 12.8 Å². The molecule has 0 unspecified atom stereocenters. The molecule has 0 aliphatic carbocycles. The molecule has 3 aromatic rings. The van der Waals surface area contributed by atoms with E-state index in [9.17, 15) is 28.2 Å². The maximum atomic E-state index is 12.7. The van der Waals surface area contributed by atoms with Crippen molar-refractivity contribution in [3.63, 3.8) is 0 Å². The maximum Gasteiger partial charge on any atom is 0.416 e. The molecule has 0 fully saturated rings. The molecule has 5 nitrogen and oxygen atoms in total. The molecule has 1 aromatic heterocycles. The Balaban J connectivity index is 1.62. The third-order valence-corrected chi connectivity index (χ3v) is 3.87. The van der Waals surface area contributed by atoms with Gasteiger partial charge in [-0.1, -0.05) is 6.07 Å². The summed E-state index contributed by atoms with van der Waals surface area (Å²) in [4.78, 5) is 12.1. The summed E-state index contributed by atoms with van der Waals surface area (Å²) >= 11 is 0. The molecule has 8 heteroatoms. The third kappa shape index (κ3) is 5.19. The average molecular weight is 404 g/mol. The van der Waals surface area contributed by atoms with Crippen LogP contribution in [0.25, 0.3) is 6.08 Å². The topological polar surface area (TPSA) is 79.9 Å². The number of allylic oxidation sites excluding steroid dienone is 1. The Morgan fingerprint density at radius 2 is 1.86 bits per heavy atom. The van der Waals surface area contributed by atoms with Gasteiger partial charge in [0.25, 0.3) is 0 Å². The van der Waals surface area contributed by atoms with Gasteiger partial charge in [0.05, 0.1) is 11.1 Å². The van der Waals surface area contributed by atoms with Crippen molar-refractivity contribution in [3.05, 3.63) is 83.3 Å². The van der Waals surface area contributed by atoms with Crippen LogP contribution in [0.15, 0.2) is 65.1 Å². The predicted octanol–water partition coefficient (Wildman–Crippen LogP) is 5.18. The second-order valence-electron chi connectivity index (χ2n) is 6.02. The fraction of sp³-hybridized carbons (Fsp3) is 0.0952. The normalized spacial score (nSPS) is 11.7. The number of phenols is 2. The SMILES string of the molecule is O=C(/C=C/c1ccc(COc2cccc(C(F)(F)F)c2)o1)c1ccc(O)cc1O. The highest BCUT2D eigenvalue weighted by atomic mass is 19.4. The summed E-state index contributed by atoms with van der Waals surface area (Å²) in [6, 6.07) is 11.2. The first kappa shape index (κ1) is 20.1. The summed E-state index contributed by atoms with van der Waals surface area (Å²) in [5, 5.41) is 18.9. The number of ketones is 1. The van der Waals surface area contributed by atoms with Crippen molar-refractivity contribution in [1.82, 2.24) is 0 Å². The molecule has 2 N–H and O–H groups in total. The van der Waals surface area contributed by atoms with E-state index in [1.54, 1.807) is 12.1 Å². The monoisotopic (exact) mass is 404 g/mol. The lowest BCUT2D eigenvalue weighted by Crippen LogP contribution is -2.05. The molecule has 0 spiro atoms. The number of benzene rings is 2. The van der Waals surface area contributed by atoms with E-state index in [-0.39, 0.29) is 29.4 Å². The number of hydrogen-bond acceptors (Lipinski definition) is 5. The van der Waals surface area contributed by atoms with Crippen LogP contribution < -0.4 is 4.74 Å². The van der Waals surface area contributed by atoms with Gasteiger partial charge in [0, 0.05) is 6.07 Å². The van der Waals surface area contributed by atoms with Gasteiger partial charge in [0.1, 0.15) is 35.4 Å². The number of carbonyl (C=O) groups excluding carboxylic acids is 1. The highest BCUT2D eigenvalue weighted by Crippen LogP contribution is 2.31. The van der Waals surface area contributed by atoms with E-state index in [0.717, 1.165) is 18.2 Å². The Morgan fingerprint density at radius 3 is 2.59 bits per heavy atom. The molecule has 0 amide bonds. The van der Waals surface area contributed by atoms with Crippen LogP contribution >= 0.6 is 0 Å². The molecule has 0 aliphatic heterocycles. The molecule has 2 aromatic carbocycles. The number of hydrogen-bond donors (Lipinski definition) is 2. The van der Waals surface area contributed by atoms with E-state index >= 15 is 0 Å². The van der Waals surface area contributed by atoms with Gasteiger partial charge in [-0.25, -0.2) is 0 Å². The van der Waals surface area contributed by atoms with Gasteiger partial charge in [-0.05, 0) is 54.6 Å². The number of phenolic OH excluding ortho intramolecular Hbond substituents is 2. The Kier molecular flexibility index (Phi) is 5.63. The van der Waals surface area contributed by atoms with Crippen LogP contribution in [0.5, 0.6) is 17.2 Å². The Morgan fingerprint density at radius 1 is 1.07 bits per heavy atom. The molecule has 1 heterocycles. The minimum absolute atomic E-state index is 0.0127. The van der Waals surface area contributed by atoms with E-state index in [2.05, 4.69) is 0 Å². The lowest BCUT2D eigenvalue weighted by atomic mass is 10.1. The van der Waals surface area contributed by atoms with E-state index < -0.39 is 17.5 Å². The van der Waals surface area contributed by atoms with Gasteiger partial charge in [0.15, 0.2) is 5.78 Å². The molecule has 29 heavy (non-hydrogen) atoms. The lowest BCUT2D eigenvalue weighted by molar-refractivity contribution is -0.137. The summed E-state index contributed by atoms with van der Waals surface area (Å²) in [6.07, 6.45) is -1.90. The predicted molar refractivity (Wildman–Crippen MR) is 97.6 cm³/mol. The van der Waals surface area contributed by atoms with Gasteiger partial charge in [-0.15, -0.1) is 0 Å². The van der Waals surface area contributed by atoms with E-state index in [0.29, 0.717) is 11.5 Å². The van der Waals surface area contributed by atoms with Crippen molar-refractivity contribution >= 4 is 11.9 Å². The quantitative estimate of drug-likeness (QED) is 0.437. The van der Waals surface area contributed by atoms with E-state index in [4.69, 9.17) is 9.15 Å². The molecule has 150 valence electrons. The average Bonchev–Trinajstić information content (AvgIpc) is 3.12. The Labute approximate surface area is 163 Å². The van der Waals surface area contributed by atoms with Crippen molar-refractivity contribution in [2.75, 3.05) is 0 Å².